The maximum absolute atomic E-state index is 12.6. The summed E-state index contributed by atoms with van der Waals surface area (Å²) in [5, 5.41) is 0.644. The van der Waals surface area contributed by atoms with Crippen LogP contribution in [0.4, 0.5) is 0 Å². The molecule has 2 aliphatic rings. The molecule has 2 fully saturated rings. The molecular formula is C22H31N5O2. The number of rotatable bonds is 4. The fourth-order valence-electron chi connectivity index (χ4n) is 4.36. The van der Waals surface area contributed by atoms with Crippen molar-refractivity contribution in [3.8, 4) is 0 Å². The van der Waals surface area contributed by atoms with E-state index in [1.165, 1.54) is 12.8 Å². The molecule has 0 radical (unpaired) electrons. The molecule has 7 nitrogen and oxygen atoms in total. The second kappa shape index (κ2) is 9.05. The minimum absolute atomic E-state index is 0.0737. The number of fused-ring (bicyclic) bond motifs is 1. The number of hydrogen-bond donors (Lipinski definition) is 1. The van der Waals surface area contributed by atoms with Crippen molar-refractivity contribution in [2.75, 3.05) is 45.8 Å². The van der Waals surface area contributed by atoms with Gasteiger partial charge >= 0.3 is 0 Å². The smallest absolute Gasteiger partial charge is 0.258 e. The molecule has 1 aromatic carbocycles. The molecular weight excluding hydrogens is 366 g/mol. The Hall–Kier alpha value is -2.25. The van der Waals surface area contributed by atoms with E-state index in [4.69, 9.17) is 4.98 Å². The third kappa shape index (κ3) is 4.85. The van der Waals surface area contributed by atoms with Crippen molar-refractivity contribution in [3.63, 3.8) is 0 Å². The number of para-hydroxylation sites is 1. The van der Waals surface area contributed by atoms with Crippen LogP contribution in [0.25, 0.3) is 10.9 Å². The van der Waals surface area contributed by atoms with E-state index < -0.39 is 0 Å². The number of likely N-dealkylation sites (tertiary alicyclic amines) is 1. The molecule has 0 saturated carbocycles. The van der Waals surface area contributed by atoms with Gasteiger partial charge in [-0.15, -0.1) is 0 Å². The van der Waals surface area contributed by atoms with Crippen LogP contribution in [-0.4, -0.2) is 76.4 Å². The number of carbonyl (C=O) groups excluding carboxylic acids is 1. The molecule has 1 amide bonds. The summed E-state index contributed by atoms with van der Waals surface area (Å²) in [4.78, 5) is 39.2. The van der Waals surface area contributed by atoms with Gasteiger partial charge in [0.2, 0.25) is 5.91 Å². The number of aryl methyl sites for hydroxylation is 1. The highest BCUT2D eigenvalue weighted by molar-refractivity contribution is 5.80. The Kier molecular flexibility index (Phi) is 6.25. The van der Waals surface area contributed by atoms with E-state index in [0.29, 0.717) is 24.3 Å². The Bertz CT molecular complexity index is 909. The van der Waals surface area contributed by atoms with Gasteiger partial charge in [-0.1, -0.05) is 25.0 Å². The molecule has 1 aromatic heterocycles. The summed E-state index contributed by atoms with van der Waals surface area (Å²) < 4.78 is 0. The first-order valence-electron chi connectivity index (χ1n) is 10.8. The highest BCUT2D eigenvalue weighted by Crippen LogP contribution is 2.14. The quantitative estimate of drug-likeness (QED) is 0.851. The van der Waals surface area contributed by atoms with Gasteiger partial charge in [-0.25, -0.2) is 4.98 Å². The maximum Gasteiger partial charge on any atom is 0.258 e. The first-order chi connectivity index (χ1) is 14.1. The van der Waals surface area contributed by atoms with Crippen molar-refractivity contribution in [1.82, 2.24) is 24.7 Å². The fourth-order valence-corrected chi connectivity index (χ4v) is 4.36. The van der Waals surface area contributed by atoms with Gasteiger partial charge < -0.3 is 9.88 Å². The molecule has 0 bridgehead atoms. The topological polar surface area (TPSA) is 72.5 Å². The lowest BCUT2D eigenvalue weighted by Crippen LogP contribution is -2.50. The molecule has 2 aliphatic heterocycles. The Morgan fingerprint density at radius 3 is 2.41 bits per heavy atom. The van der Waals surface area contributed by atoms with Gasteiger partial charge in [-0.2, -0.15) is 0 Å². The standard InChI is InChI=1S/C22H31N5O2/c1-17-7-6-8-18-21(17)23-19(24-22(18)29)15-25-11-13-26(14-12-25)16-20(28)27-9-4-2-3-5-10-27/h6-8H,2-5,9-16H2,1H3,(H,23,24,29). The third-order valence-electron chi connectivity index (χ3n) is 6.14. The highest BCUT2D eigenvalue weighted by atomic mass is 16.2. The zero-order chi connectivity index (χ0) is 20.2. The van der Waals surface area contributed by atoms with Crippen molar-refractivity contribution in [2.45, 2.75) is 39.2 Å². The van der Waals surface area contributed by atoms with Crippen LogP contribution < -0.4 is 5.56 Å². The van der Waals surface area contributed by atoms with Crippen LogP contribution in [0.2, 0.25) is 0 Å². The normalized spacial score (nSPS) is 19.4. The van der Waals surface area contributed by atoms with Gasteiger partial charge in [0, 0.05) is 39.3 Å². The van der Waals surface area contributed by atoms with E-state index in [1.807, 2.05) is 30.0 Å². The molecule has 2 aromatic rings. The lowest BCUT2D eigenvalue weighted by atomic mass is 10.1. The van der Waals surface area contributed by atoms with E-state index in [1.54, 1.807) is 0 Å². The number of nitrogens with one attached hydrogen (secondary N) is 1. The van der Waals surface area contributed by atoms with E-state index >= 15 is 0 Å². The summed E-state index contributed by atoms with van der Waals surface area (Å²) in [6, 6.07) is 5.69. The van der Waals surface area contributed by atoms with Crippen LogP contribution in [0, 0.1) is 6.92 Å². The molecule has 2 saturated heterocycles. The summed E-state index contributed by atoms with van der Waals surface area (Å²) in [5.74, 6) is 0.988. The second-order valence-electron chi connectivity index (χ2n) is 8.33. The zero-order valence-electron chi connectivity index (χ0n) is 17.3. The minimum atomic E-state index is -0.0737. The SMILES string of the molecule is Cc1cccc2c(=O)[nH]c(CN3CCN(CC(=O)N4CCCCCC4)CC3)nc12. The Morgan fingerprint density at radius 2 is 1.69 bits per heavy atom. The van der Waals surface area contributed by atoms with Crippen LogP contribution in [0.1, 0.15) is 37.1 Å². The maximum atomic E-state index is 12.6. The molecule has 0 spiro atoms. The number of benzene rings is 1. The number of aromatic nitrogens is 2. The van der Waals surface area contributed by atoms with Crippen molar-refractivity contribution < 1.29 is 4.79 Å². The summed E-state index contributed by atoms with van der Waals surface area (Å²) in [5.41, 5.74) is 1.73. The molecule has 0 aliphatic carbocycles. The van der Waals surface area contributed by atoms with Crippen LogP contribution in [0.5, 0.6) is 0 Å². The summed E-state index contributed by atoms with van der Waals surface area (Å²) in [6.07, 6.45) is 4.76. The summed E-state index contributed by atoms with van der Waals surface area (Å²) in [7, 11) is 0. The Morgan fingerprint density at radius 1 is 1.00 bits per heavy atom. The average molecular weight is 398 g/mol. The van der Waals surface area contributed by atoms with Gasteiger partial charge in [0.15, 0.2) is 0 Å². The number of aromatic amines is 1. The Balaban J connectivity index is 1.32. The molecule has 3 heterocycles. The minimum Gasteiger partial charge on any atom is -0.342 e. The molecule has 156 valence electrons. The Labute approximate surface area is 171 Å². The lowest BCUT2D eigenvalue weighted by molar-refractivity contribution is -0.132. The van der Waals surface area contributed by atoms with Gasteiger partial charge in [0.25, 0.3) is 5.56 Å². The predicted octanol–water partition coefficient (Wildman–Crippen LogP) is 1.75. The van der Waals surface area contributed by atoms with E-state index in [9.17, 15) is 9.59 Å². The fraction of sp³-hybridized carbons (Fsp3) is 0.591. The number of amides is 1. The lowest BCUT2D eigenvalue weighted by Gasteiger charge is -2.35. The van der Waals surface area contributed by atoms with Gasteiger partial charge in [0.1, 0.15) is 5.82 Å². The molecule has 7 heteroatoms. The van der Waals surface area contributed by atoms with Crippen LogP contribution in [0.3, 0.4) is 0 Å². The van der Waals surface area contributed by atoms with Gasteiger partial charge in [-0.05, 0) is 31.4 Å². The van der Waals surface area contributed by atoms with E-state index in [0.717, 1.165) is 63.2 Å². The van der Waals surface area contributed by atoms with Gasteiger partial charge in [0.05, 0.1) is 24.0 Å². The summed E-state index contributed by atoms with van der Waals surface area (Å²) in [6.45, 7) is 8.47. The largest absolute Gasteiger partial charge is 0.342 e. The number of hydrogen-bond acceptors (Lipinski definition) is 5. The van der Waals surface area contributed by atoms with Crippen molar-refractivity contribution >= 4 is 16.8 Å². The van der Waals surface area contributed by atoms with Crippen LogP contribution in [0.15, 0.2) is 23.0 Å². The van der Waals surface area contributed by atoms with Crippen LogP contribution >= 0.6 is 0 Å². The highest BCUT2D eigenvalue weighted by Gasteiger charge is 2.23. The molecule has 1 N–H and O–H groups in total. The predicted molar refractivity (Wildman–Crippen MR) is 114 cm³/mol. The molecule has 0 unspecified atom stereocenters. The summed E-state index contributed by atoms with van der Waals surface area (Å²) >= 11 is 0. The number of H-pyrrole nitrogens is 1. The molecule has 4 rings (SSSR count). The second-order valence-corrected chi connectivity index (χ2v) is 8.33. The van der Waals surface area contributed by atoms with Crippen molar-refractivity contribution in [3.05, 3.63) is 39.9 Å². The number of carbonyl (C=O) groups is 1. The van der Waals surface area contributed by atoms with Crippen LogP contribution in [-0.2, 0) is 11.3 Å². The average Bonchev–Trinajstić information content (AvgIpc) is 3.00. The zero-order valence-corrected chi connectivity index (χ0v) is 17.3. The van der Waals surface area contributed by atoms with E-state index in [-0.39, 0.29) is 11.5 Å². The first-order valence-corrected chi connectivity index (χ1v) is 10.8. The molecule has 29 heavy (non-hydrogen) atoms. The first kappa shape index (κ1) is 20.0. The van der Waals surface area contributed by atoms with Crippen molar-refractivity contribution in [1.29, 1.82) is 0 Å². The van der Waals surface area contributed by atoms with Crippen molar-refractivity contribution in [2.24, 2.45) is 0 Å². The third-order valence-corrected chi connectivity index (χ3v) is 6.14. The van der Waals surface area contributed by atoms with Gasteiger partial charge in [-0.3, -0.25) is 19.4 Å². The monoisotopic (exact) mass is 397 g/mol. The van der Waals surface area contributed by atoms with E-state index in [2.05, 4.69) is 14.8 Å². The number of nitrogens with zero attached hydrogens (tertiary/aromatic N) is 4. The number of piperazine rings is 1. The molecule has 0 atom stereocenters.